The molecule has 9 nitrogen and oxygen atoms in total. The molecule has 3 heterocycles. The van der Waals surface area contributed by atoms with Gasteiger partial charge in [0.15, 0.2) is 0 Å². The van der Waals surface area contributed by atoms with Crippen molar-refractivity contribution in [1.29, 1.82) is 0 Å². The van der Waals surface area contributed by atoms with Gasteiger partial charge in [0.1, 0.15) is 22.9 Å². The topological polar surface area (TPSA) is 107 Å². The lowest BCUT2D eigenvalue weighted by atomic mass is 9.90. The largest absolute Gasteiger partial charge is 0.382 e. The van der Waals surface area contributed by atoms with E-state index in [2.05, 4.69) is 25.4 Å². The Kier molecular flexibility index (Phi) is 4.73. The van der Waals surface area contributed by atoms with Gasteiger partial charge in [0.25, 0.3) is 11.7 Å². The van der Waals surface area contributed by atoms with Crippen molar-refractivity contribution in [3.8, 4) is 0 Å². The number of rotatable bonds is 4. The molecule has 0 aliphatic carbocycles. The number of amidine groups is 1. The van der Waals surface area contributed by atoms with Crippen LogP contribution < -0.4 is 11.1 Å². The number of carbonyl (C=O) groups excluding carboxylic acids is 1. The number of halogens is 3. The molecule has 1 aliphatic rings. The van der Waals surface area contributed by atoms with E-state index >= 15 is 0 Å². The highest BCUT2D eigenvalue weighted by atomic mass is 19.3. The Bertz CT molecular complexity index is 1260. The maximum Gasteiger partial charge on any atom is 0.333 e. The van der Waals surface area contributed by atoms with Gasteiger partial charge in [-0.3, -0.25) is 9.79 Å². The Morgan fingerprint density at radius 1 is 1.39 bits per heavy atom. The Morgan fingerprint density at radius 3 is 2.84 bits per heavy atom. The minimum absolute atomic E-state index is 0.0785. The van der Waals surface area contributed by atoms with Gasteiger partial charge in [0.2, 0.25) is 0 Å². The molecule has 31 heavy (non-hydrogen) atoms. The van der Waals surface area contributed by atoms with Crippen LogP contribution in [0.2, 0.25) is 0 Å². The average molecular weight is 428 g/mol. The highest BCUT2D eigenvalue weighted by Gasteiger charge is 2.37. The molecule has 3 aromatic rings. The zero-order valence-electron chi connectivity index (χ0n) is 16.1. The summed E-state index contributed by atoms with van der Waals surface area (Å²) < 4.78 is 41.9. The third-order valence-electron chi connectivity index (χ3n) is 4.84. The molecule has 0 radical (unpaired) electrons. The second-order valence-electron chi connectivity index (χ2n) is 7.06. The number of nitrogens with one attached hydrogen (secondary N) is 1. The smallest absolute Gasteiger partial charge is 0.333 e. The number of aromatic nitrogens is 4. The lowest BCUT2D eigenvalue weighted by Gasteiger charge is -2.30. The number of benzene rings is 1. The first-order valence-corrected chi connectivity index (χ1v) is 8.95. The van der Waals surface area contributed by atoms with Gasteiger partial charge < -0.3 is 15.9 Å². The standard InChI is InChI=1S/C19H15F3N8O/c1-19(9-30-14(16(23)27-19)6-15(24-2)28-30)12-5-11(3-4-13(12)20)26-17(31)10-7-25-29(8-10)18(21)22/h3-8,18H,9H2,1H3,(H2,23,27)(H,26,31). The van der Waals surface area contributed by atoms with Crippen molar-refractivity contribution in [1.82, 2.24) is 19.6 Å². The highest BCUT2D eigenvalue weighted by molar-refractivity contribution is 6.04. The molecule has 0 bridgehead atoms. The molecule has 4 rings (SSSR count). The van der Waals surface area contributed by atoms with Crippen LogP contribution in [0.1, 0.15) is 35.1 Å². The van der Waals surface area contributed by atoms with Crippen LogP contribution in [0.5, 0.6) is 0 Å². The van der Waals surface area contributed by atoms with E-state index in [-0.39, 0.29) is 35.0 Å². The van der Waals surface area contributed by atoms with Crippen LogP contribution >= 0.6 is 0 Å². The number of nitrogens with zero attached hydrogens (tertiary/aromatic N) is 6. The molecule has 1 aromatic carbocycles. The normalized spacial score (nSPS) is 17.7. The number of nitrogens with two attached hydrogens (primary N) is 1. The predicted molar refractivity (Wildman–Crippen MR) is 104 cm³/mol. The average Bonchev–Trinajstić information content (AvgIpc) is 3.36. The van der Waals surface area contributed by atoms with E-state index in [1.54, 1.807) is 6.92 Å². The molecule has 12 heteroatoms. The van der Waals surface area contributed by atoms with E-state index in [0.29, 0.717) is 10.4 Å². The van der Waals surface area contributed by atoms with Crippen molar-refractivity contribution in [2.45, 2.75) is 25.6 Å². The molecular weight excluding hydrogens is 413 g/mol. The lowest BCUT2D eigenvalue weighted by molar-refractivity contribution is 0.0565. The monoisotopic (exact) mass is 428 g/mol. The second-order valence-corrected chi connectivity index (χ2v) is 7.06. The summed E-state index contributed by atoms with van der Waals surface area (Å²) in [7, 11) is 0. The number of hydrogen-bond acceptors (Lipinski definition) is 5. The van der Waals surface area contributed by atoms with Crippen LogP contribution in [0.4, 0.5) is 24.7 Å². The molecular formula is C19H15F3N8O. The van der Waals surface area contributed by atoms with Crippen molar-refractivity contribution in [3.63, 3.8) is 0 Å². The SMILES string of the molecule is [C-]#[N+]c1cc2n(n1)CC(C)(c1cc(NC(=O)c3cnn(C(F)F)c3)ccc1F)N=C2N. The Balaban J connectivity index is 1.64. The van der Waals surface area contributed by atoms with Crippen LogP contribution in [-0.4, -0.2) is 31.3 Å². The zero-order chi connectivity index (χ0) is 22.3. The molecule has 3 N–H and O–H groups in total. The van der Waals surface area contributed by atoms with Crippen LogP contribution in [0.25, 0.3) is 4.85 Å². The molecule has 1 aliphatic heterocycles. The highest BCUT2D eigenvalue weighted by Crippen LogP contribution is 2.35. The molecule has 0 fully saturated rings. The van der Waals surface area contributed by atoms with Crippen LogP contribution in [0.3, 0.4) is 0 Å². The van der Waals surface area contributed by atoms with Crippen molar-refractivity contribution in [3.05, 3.63) is 70.7 Å². The third kappa shape index (κ3) is 3.61. The molecule has 158 valence electrons. The molecule has 1 unspecified atom stereocenters. The van der Waals surface area contributed by atoms with Gasteiger partial charge in [-0.1, -0.05) is 6.57 Å². The maximum absolute atomic E-state index is 14.7. The van der Waals surface area contributed by atoms with E-state index in [0.717, 1.165) is 18.5 Å². The fourth-order valence-electron chi connectivity index (χ4n) is 3.36. The number of amides is 1. The number of aliphatic imine (C=N–C) groups is 1. The first-order valence-electron chi connectivity index (χ1n) is 8.95. The summed E-state index contributed by atoms with van der Waals surface area (Å²) in [4.78, 5) is 20.0. The Labute approximate surface area is 173 Å². The fourth-order valence-corrected chi connectivity index (χ4v) is 3.36. The quantitative estimate of drug-likeness (QED) is 0.623. The van der Waals surface area contributed by atoms with Gasteiger partial charge in [0.05, 0.1) is 18.3 Å². The number of carbonyl (C=O) groups is 1. The minimum Gasteiger partial charge on any atom is -0.382 e. The Morgan fingerprint density at radius 2 is 2.16 bits per heavy atom. The number of alkyl halides is 2. The van der Waals surface area contributed by atoms with E-state index < -0.39 is 23.8 Å². The van der Waals surface area contributed by atoms with E-state index in [9.17, 15) is 18.0 Å². The molecule has 0 saturated carbocycles. The van der Waals surface area contributed by atoms with Gasteiger partial charge in [-0.25, -0.2) is 9.07 Å². The minimum atomic E-state index is -2.87. The van der Waals surface area contributed by atoms with Gasteiger partial charge in [-0.2, -0.15) is 18.6 Å². The summed E-state index contributed by atoms with van der Waals surface area (Å²) in [6.07, 6.45) is 1.92. The summed E-state index contributed by atoms with van der Waals surface area (Å²) in [5.74, 6) is -1.02. The Hall–Kier alpha value is -4.14. The van der Waals surface area contributed by atoms with Crippen molar-refractivity contribution >= 4 is 23.2 Å². The van der Waals surface area contributed by atoms with Gasteiger partial charge in [-0.15, -0.1) is 0 Å². The first-order chi connectivity index (χ1) is 14.7. The summed E-state index contributed by atoms with van der Waals surface area (Å²) in [6.45, 7) is 6.00. The van der Waals surface area contributed by atoms with Crippen LogP contribution in [0, 0.1) is 12.4 Å². The number of hydrogen-bond donors (Lipinski definition) is 2. The fraction of sp³-hybridized carbons (Fsp3) is 0.211. The third-order valence-corrected chi connectivity index (χ3v) is 4.84. The lowest BCUT2D eigenvalue weighted by Crippen LogP contribution is -2.37. The van der Waals surface area contributed by atoms with Crippen molar-refractivity contribution in [2.75, 3.05) is 5.32 Å². The number of anilines is 1. The van der Waals surface area contributed by atoms with Gasteiger partial charge in [0, 0.05) is 17.4 Å². The van der Waals surface area contributed by atoms with Crippen LogP contribution in [-0.2, 0) is 12.1 Å². The molecule has 0 spiro atoms. The van der Waals surface area contributed by atoms with Gasteiger partial charge in [-0.05, 0) is 36.3 Å². The summed E-state index contributed by atoms with van der Waals surface area (Å²) in [6, 6.07) is 5.39. The van der Waals surface area contributed by atoms with E-state index in [1.165, 1.54) is 22.9 Å². The molecule has 2 aromatic heterocycles. The van der Waals surface area contributed by atoms with E-state index in [4.69, 9.17) is 12.3 Å². The summed E-state index contributed by atoms with van der Waals surface area (Å²) >= 11 is 0. The molecule has 1 atom stereocenters. The van der Waals surface area contributed by atoms with E-state index in [1.807, 2.05) is 0 Å². The summed E-state index contributed by atoms with van der Waals surface area (Å²) in [5, 5.41) is 10.1. The summed E-state index contributed by atoms with van der Waals surface area (Å²) in [5.41, 5.74) is 5.62. The van der Waals surface area contributed by atoms with Crippen molar-refractivity contribution in [2.24, 2.45) is 10.7 Å². The maximum atomic E-state index is 14.7. The van der Waals surface area contributed by atoms with Crippen LogP contribution in [0.15, 0.2) is 41.7 Å². The van der Waals surface area contributed by atoms with Gasteiger partial charge >= 0.3 is 6.55 Å². The predicted octanol–water partition coefficient (Wildman–Crippen LogP) is 3.05. The zero-order valence-corrected chi connectivity index (χ0v) is 16.1. The second kappa shape index (κ2) is 7.28. The first kappa shape index (κ1) is 20.1. The molecule has 1 amide bonds. The van der Waals surface area contributed by atoms with Crippen molar-refractivity contribution < 1.29 is 18.0 Å². The molecule has 0 saturated heterocycles. The number of fused-ring (bicyclic) bond motifs is 1.